The highest BCUT2D eigenvalue weighted by Gasteiger charge is 2.09. The van der Waals surface area contributed by atoms with Crippen molar-refractivity contribution in [1.29, 1.82) is 0 Å². The third kappa shape index (κ3) is 5.21. The number of carbonyl (C=O) groups is 2. The van der Waals surface area contributed by atoms with Gasteiger partial charge in [-0.05, 0) is 55.5 Å². The number of ether oxygens (including phenoxy) is 2. The molecule has 0 aliphatic heterocycles. The molecule has 0 radical (unpaired) electrons. The molecule has 27 heavy (non-hydrogen) atoms. The molecule has 3 aromatic rings. The van der Waals surface area contributed by atoms with E-state index in [1.54, 1.807) is 41.8 Å². The average Bonchev–Trinajstić information content (AvgIpc) is 3.14. The number of nitrogens with zero attached hydrogens (tertiary/aromatic N) is 1. The number of thiazole rings is 1. The Morgan fingerprint density at radius 3 is 2.44 bits per heavy atom. The van der Waals surface area contributed by atoms with Gasteiger partial charge in [0.05, 0.1) is 5.69 Å². The smallest absolute Gasteiger partial charge is 0.344 e. The lowest BCUT2D eigenvalue weighted by Crippen LogP contribution is -2.14. The average molecular weight is 385 g/mol. The maximum Gasteiger partial charge on any atom is 0.344 e. The Kier molecular flexibility index (Phi) is 5.93. The first-order valence-corrected chi connectivity index (χ1v) is 8.99. The van der Waals surface area contributed by atoms with E-state index in [1.807, 2.05) is 0 Å². The Morgan fingerprint density at radius 2 is 1.78 bits per heavy atom. The van der Waals surface area contributed by atoms with Gasteiger partial charge in [0, 0.05) is 16.5 Å². The van der Waals surface area contributed by atoms with Gasteiger partial charge in [-0.1, -0.05) is 0 Å². The molecule has 0 atom stereocenters. The van der Waals surface area contributed by atoms with E-state index in [9.17, 15) is 14.0 Å². The lowest BCUT2D eigenvalue weighted by molar-refractivity contribution is -0.147. The molecule has 0 saturated carbocycles. The van der Waals surface area contributed by atoms with Crippen LogP contribution in [0.1, 0.15) is 23.0 Å². The maximum absolute atomic E-state index is 13.0. The first-order valence-electron chi connectivity index (χ1n) is 8.11. The number of Topliss-reactive ketones (excluding diaryl/α,β-unsaturated/α-hetero) is 1. The fourth-order valence-corrected chi connectivity index (χ4v) is 3.03. The summed E-state index contributed by atoms with van der Waals surface area (Å²) < 4.78 is 23.4. The van der Waals surface area contributed by atoms with Crippen LogP contribution in [0.15, 0.2) is 53.9 Å². The molecule has 0 unspecified atom stereocenters. The number of ketones is 1. The van der Waals surface area contributed by atoms with Gasteiger partial charge in [-0.3, -0.25) is 4.79 Å². The van der Waals surface area contributed by atoms with E-state index in [2.05, 4.69) is 4.98 Å². The van der Waals surface area contributed by atoms with E-state index >= 15 is 0 Å². The molecule has 2 aromatic carbocycles. The summed E-state index contributed by atoms with van der Waals surface area (Å²) in [5.41, 5.74) is 1.99. The Labute approximate surface area is 159 Å². The summed E-state index contributed by atoms with van der Waals surface area (Å²) >= 11 is 1.39. The second-order valence-corrected chi connectivity index (χ2v) is 6.54. The van der Waals surface area contributed by atoms with Crippen LogP contribution >= 0.6 is 11.3 Å². The standard InChI is InChI=1S/C20H16FNO4S/c1-13(23)14-4-8-18(9-5-14)25-11-19(24)26-10-17-12-27-20(22-17)15-2-6-16(21)7-3-15/h2-9,12H,10-11H2,1H3. The number of aromatic nitrogens is 1. The molecule has 1 heterocycles. The van der Waals surface area contributed by atoms with Gasteiger partial charge in [0.25, 0.3) is 0 Å². The number of benzene rings is 2. The highest BCUT2D eigenvalue weighted by molar-refractivity contribution is 7.13. The van der Waals surface area contributed by atoms with Crippen LogP contribution in [0.5, 0.6) is 5.75 Å². The summed E-state index contributed by atoms with van der Waals surface area (Å²) in [6, 6.07) is 12.6. The molecule has 138 valence electrons. The highest BCUT2D eigenvalue weighted by Crippen LogP contribution is 2.24. The number of esters is 1. The van der Waals surface area contributed by atoms with Crippen molar-refractivity contribution in [2.75, 3.05) is 6.61 Å². The third-order valence-corrected chi connectivity index (χ3v) is 4.58. The molecule has 0 amide bonds. The first-order chi connectivity index (χ1) is 13.0. The molecule has 0 N–H and O–H groups in total. The van der Waals surface area contributed by atoms with Crippen LogP contribution in [0.2, 0.25) is 0 Å². The van der Waals surface area contributed by atoms with E-state index in [1.165, 1.54) is 30.4 Å². The summed E-state index contributed by atoms with van der Waals surface area (Å²) in [5.74, 6) is -0.393. The molecule has 0 spiro atoms. The van der Waals surface area contributed by atoms with Crippen molar-refractivity contribution in [1.82, 2.24) is 4.98 Å². The van der Waals surface area contributed by atoms with Crippen molar-refractivity contribution in [3.63, 3.8) is 0 Å². The number of hydrogen-bond donors (Lipinski definition) is 0. The largest absolute Gasteiger partial charge is 0.482 e. The van der Waals surface area contributed by atoms with Crippen molar-refractivity contribution >= 4 is 23.1 Å². The molecular weight excluding hydrogens is 369 g/mol. The van der Waals surface area contributed by atoms with Crippen LogP contribution in [0.3, 0.4) is 0 Å². The van der Waals surface area contributed by atoms with Crippen LogP contribution in [0.4, 0.5) is 4.39 Å². The van der Waals surface area contributed by atoms with Gasteiger partial charge < -0.3 is 9.47 Å². The normalized spacial score (nSPS) is 10.4. The lowest BCUT2D eigenvalue weighted by Gasteiger charge is -2.06. The third-order valence-electron chi connectivity index (χ3n) is 3.64. The zero-order valence-corrected chi connectivity index (χ0v) is 15.3. The minimum atomic E-state index is -0.526. The van der Waals surface area contributed by atoms with E-state index in [4.69, 9.17) is 9.47 Å². The zero-order chi connectivity index (χ0) is 19.2. The molecule has 0 aliphatic carbocycles. The summed E-state index contributed by atoms with van der Waals surface area (Å²) in [6.45, 7) is 1.27. The molecule has 3 rings (SSSR count). The van der Waals surface area contributed by atoms with Crippen LogP contribution in [0, 0.1) is 5.82 Å². The van der Waals surface area contributed by atoms with Gasteiger partial charge >= 0.3 is 5.97 Å². The van der Waals surface area contributed by atoms with Crippen molar-refractivity contribution in [2.45, 2.75) is 13.5 Å². The second kappa shape index (κ2) is 8.55. The fraction of sp³-hybridized carbons (Fsp3) is 0.150. The fourth-order valence-electron chi connectivity index (χ4n) is 2.22. The Bertz CT molecular complexity index is 935. The van der Waals surface area contributed by atoms with Crippen LogP contribution in [-0.2, 0) is 16.1 Å². The van der Waals surface area contributed by atoms with Gasteiger partial charge in [-0.25, -0.2) is 14.2 Å². The van der Waals surface area contributed by atoms with Crippen molar-refractivity contribution in [3.05, 3.63) is 71.0 Å². The first kappa shape index (κ1) is 18.7. The molecule has 0 saturated heterocycles. The van der Waals surface area contributed by atoms with Gasteiger partial charge in [-0.2, -0.15) is 0 Å². The van der Waals surface area contributed by atoms with E-state index in [0.717, 1.165) is 10.6 Å². The SMILES string of the molecule is CC(=O)c1ccc(OCC(=O)OCc2csc(-c3ccc(F)cc3)n2)cc1. The molecular formula is C20H16FNO4S. The predicted octanol–water partition coefficient (Wildman–Crippen LogP) is 4.27. The summed E-state index contributed by atoms with van der Waals surface area (Å²) in [4.78, 5) is 27.4. The number of carbonyl (C=O) groups excluding carboxylic acids is 2. The highest BCUT2D eigenvalue weighted by atomic mass is 32.1. The molecule has 1 aromatic heterocycles. The molecule has 0 bridgehead atoms. The minimum Gasteiger partial charge on any atom is -0.482 e. The van der Waals surface area contributed by atoms with E-state index < -0.39 is 5.97 Å². The van der Waals surface area contributed by atoms with Crippen LogP contribution in [0.25, 0.3) is 10.6 Å². The van der Waals surface area contributed by atoms with Gasteiger partial charge in [0.2, 0.25) is 0 Å². The number of hydrogen-bond acceptors (Lipinski definition) is 6. The van der Waals surface area contributed by atoms with Gasteiger partial charge in [0.1, 0.15) is 23.2 Å². The molecule has 0 fully saturated rings. The lowest BCUT2D eigenvalue weighted by atomic mass is 10.1. The minimum absolute atomic E-state index is 0.0309. The second-order valence-electron chi connectivity index (χ2n) is 5.68. The Balaban J connectivity index is 1.48. The van der Waals surface area contributed by atoms with Gasteiger partial charge in [-0.15, -0.1) is 11.3 Å². The van der Waals surface area contributed by atoms with Crippen molar-refractivity contribution in [2.24, 2.45) is 0 Å². The van der Waals surface area contributed by atoms with Crippen molar-refractivity contribution in [3.8, 4) is 16.3 Å². The topological polar surface area (TPSA) is 65.5 Å². The molecule has 5 nitrogen and oxygen atoms in total. The summed E-state index contributed by atoms with van der Waals surface area (Å²) in [5, 5.41) is 2.51. The van der Waals surface area contributed by atoms with Gasteiger partial charge in [0.15, 0.2) is 12.4 Å². The number of halogens is 1. The maximum atomic E-state index is 13.0. The Hall–Kier alpha value is -3.06. The quantitative estimate of drug-likeness (QED) is 0.449. The molecule has 7 heteroatoms. The zero-order valence-electron chi connectivity index (χ0n) is 14.5. The van der Waals surface area contributed by atoms with Crippen LogP contribution < -0.4 is 4.74 Å². The monoisotopic (exact) mass is 385 g/mol. The predicted molar refractivity (Wildman–Crippen MR) is 99.2 cm³/mol. The van der Waals surface area contributed by atoms with Crippen molar-refractivity contribution < 1.29 is 23.5 Å². The summed E-state index contributed by atoms with van der Waals surface area (Å²) in [6.07, 6.45) is 0. The van der Waals surface area contributed by atoms with Crippen LogP contribution in [-0.4, -0.2) is 23.3 Å². The number of rotatable bonds is 7. The summed E-state index contributed by atoms with van der Waals surface area (Å²) in [7, 11) is 0. The van der Waals surface area contributed by atoms with E-state index in [-0.39, 0.29) is 24.8 Å². The van der Waals surface area contributed by atoms with E-state index in [0.29, 0.717) is 17.0 Å². The Morgan fingerprint density at radius 1 is 1.07 bits per heavy atom. The molecule has 0 aliphatic rings.